The lowest BCUT2D eigenvalue weighted by molar-refractivity contribution is 0.00944. The van der Waals surface area contributed by atoms with Gasteiger partial charge in [-0.25, -0.2) is 0 Å². The summed E-state index contributed by atoms with van der Waals surface area (Å²) >= 11 is 3.53. The molecular weight excluding hydrogens is 302 g/mol. The summed E-state index contributed by atoms with van der Waals surface area (Å²) in [6, 6.07) is 8.19. The van der Waals surface area contributed by atoms with Gasteiger partial charge in [0.2, 0.25) is 0 Å². The zero-order valence-corrected chi connectivity index (χ0v) is 13.5. The molecule has 0 unspecified atom stereocenters. The molecule has 0 spiro atoms. The van der Waals surface area contributed by atoms with E-state index in [1.54, 1.807) is 0 Å². The van der Waals surface area contributed by atoms with Gasteiger partial charge in [0.25, 0.3) is 0 Å². The second kappa shape index (κ2) is 6.76. The molecule has 0 bridgehead atoms. The Bertz CT molecular complexity index is 395. The number of halogens is 1. The summed E-state index contributed by atoms with van der Waals surface area (Å²) in [5.41, 5.74) is 1.66. The molecule has 0 aliphatic heterocycles. The highest BCUT2D eigenvalue weighted by molar-refractivity contribution is 9.10. The lowest BCUT2D eigenvalue weighted by atomic mass is 9.76. The zero-order chi connectivity index (χ0) is 13.7. The van der Waals surface area contributed by atoms with Gasteiger partial charge in [0.15, 0.2) is 0 Å². The highest BCUT2D eigenvalue weighted by Gasteiger charge is 2.26. The summed E-state index contributed by atoms with van der Waals surface area (Å²) < 4.78 is 7.07. The van der Waals surface area contributed by atoms with Crippen LogP contribution in [0.2, 0.25) is 0 Å². The average molecular weight is 326 g/mol. The molecule has 0 amide bonds. The maximum Gasteiger partial charge on any atom is 0.0642 e. The van der Waals surface area contributed by atoms with Gasteiger partial charge >= 0.3 is 0 Å². The smallest absolute Gasteiger partial charge is 0.0642 e. The molecule has 0 atom stereocenters. The largest absolute Gasteiger partial charge is 0.382 e. The zero-order valence-electron chi connectivity index (χ0n) is 11.9. The monoisotopic (exact) mass is 325 g/mol. The number of benzene rings is 1. The first-order valence-corrected chi connectivity index (χ1v) is 7.96. The van der Waals surface area contributed by atoms with E-state index < -0.39 is 0 Å². The predicted molar refractivity (Wildman–Crippen MR) is 84.6 cm³/mol. The van der Waals surface area contributed by atoms with Crippen LogP contribution in [0.1, 0.15) is 39.5 Å². The first-order valence-electron chi connectivity index (χ1n) is 7.17. The summed E-state index contributed by atoms with van der Waals surface area (Å²) in [6.07, 6.45) is 5.46. The van der Waals surface area contributed by atoms with Crippen LogP contribution >= 0.6 is 15.9 Å². The van der Waals surface area contributed by atoms with Crippen LogP contribution in [-0.2, 0) is 4.74 Å². The van der Waals surface area contributed by atoms with Crippen molar-refractivity contribution in [1.29, 1.82) is 0 Å². The Morgan fingerprint density at radius 1 is 1.26 bits per heavy atom. The molecule has 3 heteroatoms. The van der Waals surface area contributed by atoms with Gasteiger partial charge in [-0.05, 0) is 59.2 Å². The normalized spacial score (nSPS) is 19.3. The molecule has 1 saturated carbocycles. The van der Waals surface area contributed by atoms with Crippen LogP contribution in [0.25, 0.3) is 0 Å². The summed E-state index contributed by atoms with van der Waals surface area (Å²) in [6.45, 7) is 6.37. The quantitative estimate of drug-likeness (QED) is 0.781. The van der Waals surface area contributed by atoms with Gasteiger partial charge in [0, 0.05) is 16.7 Å². The van der Waals surface area contributed by atoms with Gasteiger partial charge in [-0.1, -0.05) is 26.0 Å². The van der Waals surface area contributed by atoms with E-state index >= 15 is 0 Å². The van der Waals surface area contributed by atoms with Crippen molar-refractivity contribution in [2.75, 3.05) is 18.5 Å². The summed E-state index contributed by atoms with van der Waals surface area (Å²) in [5, 5.41) is 3.40. The maximum atomic E-state index is 5.96. The fourth-order valence-corrected chi connectivity index (χ4v) is 2.98. The fourth-order valence-electron chi connectivity index (χ4n) is 2.56. The molecule has 0 saturated heterocycles. The molecule has 1 aliphatic carbocycles. The Labute approximate surface area is 125 Å². The lowest BCUT2D eigenvalue weighted by Crippen LogP contribution is -2.27. The summed E-state index contributed by atoms with van der Waals surface area (Å²) in [4.78, 5) is 0. The molecule has 0 aromatic heterocycles. The van der Waals surface area contributed by atoms with Gasteiger partial charge in [0.05, 0.1) is 12.7 Å². The fraction of sp³-hybridized carbons (Fsp3) is 0.625. The van der Waals surface area contributed by atoms with Crippen molar-refractivity contribution in [3.8, 4) is 0 Å². The van der Waals surface area contributed by atoms with Crippen molar-refractivity contribution >= 4 is 21.6 Å². The van der Waals surface area contributed by atoms with E-state index in [0.29, 0.717) is 11.5 Å². The number of anilines is 1. The summed E-state index contributed by atoms with van der Waals surface area (Å²) in [5.74, 6) is 0. The van der Waals surface area contributed by atoms with Crippen molar-refractivity contribution in [3.63, 3.8) is 0 Å². The molecule has 1 N–H and O–H groups in total. The van der Waals surface area contributed by atoms with Gasteiger partial charge in [-0.15, -0.1) is 0 Å². The van der Waals surface area contributed by atoms with Crippen LogP contribution in [0.3, 0.4) is 0 Å². The maximum absolute atomic E-state index is 5.96. The third-order valence-electron chi connectivity index (χ3n) is 3.93. The molecule has 19 heavy (non-hydrogen) atoms. The molecule has 1 fully saturated rings. The first kappa shape index (κ1) is 14.9. The highest BCUT2D eigenvalue weighted by Crippen LogP contribution is 2.36. The molecule has 2 nitrogen and oxygen atoms in total. The second-order valence-electron chi connectivity index (χ2n) is 6.14. The topological polar surface area (TPSA) is 21.3 Å². The van der Waals surface area contributed by atoms with Crippen molar-refractivity contribution in [2.24, 2.45) is 5.41 Å². The lowest BCUT2D eigenvalue weighted by Gasteiger charge is -2.34. The Morgan fingerprint density at radius 3 is 2.63 bits per heavy atom. The Hall–Kier alpha value is -0.540. The highest BCUT2D eigenvalue weighted by atomic mass is 79.9. The standard InChI is InChI=1S/C16H24BrNO/c1-16(2)9-7-13(8-10-16)19-12-11-18-15-6-4-3-5-14(15)17/h3-6,13,18H,7-12H2,1-2H3. The van der Waals surface area contributed by atoms with Crippen LogP contribution in [0.15, 0.2) is 28.7 Å². The Balaban J connectivity index is 1.64. The van der Waals surface area contributed by atoms with E-state index in [-0.39, 0.29) is 0 Å². The minimum atomic E-state index is 0.467. The number of hydrogen-bond acceptors (Lipinski definition) is 2. The van der Waals surface area contributed by atoms with Crippen LogP contribution in [0, 0.1) is 5.41 Å². The van der Waals surface area contributed by atoms with Crippen molar-refractivity contribution in [1.82, 2.24) is 0 Å². The third-order valence-corrected chi connectivity index (χ3v) is 4.62. The SMILES string of the molecule is CC1(C)CCC(OCCNc2ccccc2Br)CC1. The third kappa shape index (κ3) is 4.81. The molecule has 2 rings (SSSR count). The van der Waals surface area contributed by atoms with Crippen molar-refractivity contribution in [2.45, 2.75) is 45.6 Å². The van der Waals surface area contributed by atoms with Gasteiger partial charge < -0.3 is 10.1 Å². The molecule has 106 valence electrons. The molecule has 0 radical (unpaired) electrons. The van der Waals surface area contributed by atoms with E-state index in [1.807, 2.05) is 18.2 Å². The molecule has 1 aliphatic rings. The second-order valence-corrected chi connectivity index (χ2v) is 7.00. The number of hydrogen-bond donors (Lipinski definition) is 1. The van der Waals surface area contributed by atoms with E-state index in [9.17, 15) is 0 Å². The number of rotatable bonds is 5. The molecular formula is C16H24BrNO. The number of ether oxygens (including phenoxy) is 1. The molecule has 1 aromatic rings. The number of nitrogens with one attached hydrogen (secondary N) is 1. The predicted octanol–water partition coefficient (Wildman–Crippen LogP) is 4.85. The van der Waals surface area contributed by atoms with Crippen LogP contribution < -0.4 is 5.32 Å². The summed E-state index contributed by atoms with van der Waals surface area (Å²) in [7, 11) is 0. The van der Waals surface area contributed by atoms with E-state index in [1.165, 1.54) is 25.7 Å². The molecule has 0 heterocycles. The van der Waals surface area contributed by atoms with Crippen LogP contribution in [-0.4, -0.2) is 19.3 Å². The average Bonchev–Trinajstić information content (AvgIpc) is 2.38. The van der Waals surface area contributed by atoms with Crippen LogP contribution in [0.4, 0.5) is 5.69 Å². The Kier molecular flexibility index (Phi) is 5.28. The van der Waals surface area contributed by atoms with Gasteiger partial charge in [0.1, 0.15) is 0 Å². The van der Waals surface area contributed by atoms with E-state index in [2.05, 4.69) is 41.2 Å². The minimum absolute atomic E-state index is 0.467. The van der Waals surface area contributed by atoms with Gasteiger partial charge in [-0.3, -0.25) is 0 Å². The molecule has 1 aromatic carbocycles. The van der Waals surface area contributed by atoms with E-state index in [0.717, 1.165) is 23.3 Å². The minimum Gasteiger partial charge on any atom is -0.382 e. The number of para-hydroxylation sites is 1. The van der Waals surface area contributed by atoms with Crippen molar-refractivity contribution in [3.05, 3.63) is 28.7 Å². The Morgan fingerprint density at radius 2 is 1.95 bits per heavy atom. The van der Waals surface area contributed by atoms with Gasteiger partial charge in [-0.2, -0.15) is 0 Å². The first-order chi connectivity index (χ1) is 9.07. The van der Waals surface area contributed by atoms with Crippen LogP contribution in [0.5, 0.6) is 0 Å². The van der Waals surface area contributed by atoms with E-state index in [4.69, 9.17) is 4.74 Å². The van der Waals surface area contributed by atoms with Crippen molar-refractivity contribution < 1.29 is 4.74 Å².